The van der Waals surface area contributed by atoms with E-state index in [4.69, 9.17) is 5.73 Å². The number of rotatable bonds is 4. The Morgan fingerprint density at radius 3 is 2.22 bits per heavy atom. The summed E-state index contributed by atoms with van der Waals surface area (Å²) < 4.78 is 0. The molecule has 0 radical (unpaired) electrons. The summed E-state index contributed by atoms with van der Waals surface area (Å²) in [5.41, 5.74) is 5.71. The van der Waals surface area contributed by atoms with Crippen LogP contribution in [0.3, 0.4) is 0 Å². The van der Waals surface area contributed by atoms with Gasteiger partial charge in [0.2, 0.25) is 0 Å². The molecular formula is C16H31NO. The molecule has 18 heavy (non-hydrogen) atoms. The second kappa shape index (κ2) is 5.50. The van der Waals surface area contributed by atoms with Gasteiger partial charge < -0.3 is 10.8 Å². The lowest BCUT2D eigenvalue weighted by Crippen LogP contribution is -2.56. The maximum Gasteiger partial charge on any atom is 0.0743 e. The minimum atomic E-state index is -0.463. The van der Waals surface area contributed by atoms with Gasteiger partial charge in [-0.1, -0.05) is 33.1 Å². The number of aliphatic hydroxyl groups is 1. The molecule has 106 valence electrons. The number of hydrogen-bond acceptors (Lipinski definition) is 2. The predicted octanol–water partition coefficient (Wildman–Crippen LogP) is 3.47. The molecule has 0 amide bonds. The highest BCUT2D eigenvalue weighted by Crippen LogP contribution is 2.55. The van der Waals surface area contributed by atoms with E-state index in [-0.39, 0.29) is 5.41 Å². The first-order valence-corrected chi connectivity index (χ1v) is 8.04. The Bertz CT molecular complexity index is 270. The summed E-state index contributed by atoms with van der Waals surface area (Å²) >= 11 is 0. The molecule has 2 aliphatic carbocycles. The second-order valence-corrected chi connectivity index (χ2v) is 6.76. The molecule has 2 unspecified atom stereocenters. The van der Waals surface area contributed by atoms with Crippen LogP contribution < -0.4 is 5.73 Å². The van der Waals surface area contributed by atoms with Gasteiger partial charge in [0.25, 0.3) is 0 Å². The molecule has 0 aliphatic heterocycles. The summed E-state index contributed by atoms with van der Waals surface area (Å²) in [4.78, 5) is 0. The van der Waals surface area contributed by atoms with Crippen LogP contribution in [0.4, 0.5) is 0 Å². The summed E-state index contributed by atoms with van der Waals surface area (Å²) in [5, 5.41) is 11.3. The van der Waals surface area contributed by atoms with Crippen molar-refractivity contribution in [2.75, 3.05) is 6.54 Å². The van der Waals surface area contributed by atoms with Crippen molar-refractivity contribution in [1.29, 1.82) is 0 Å². The van der Waals surface area contributed by atoms with Gasteiger partial charge in [0.1, 0.15) is 0 Å². The Kier molecular flexibility index (Phi) is 4.38. The maximum atomic E-state index is 11.3. The van der Waals surface area contributed by atoms with Gasteiger partial charge in [0.05, 0.1) is 5.60 Å². The molecule has 3 N–H and O–H groups in total. The molecule has 2 atom stereocenters. The van der Waals surface area contributed by atoms with Crippen LogP contribution in [0, 0.1) is 17.3 Å². The van der Waals surface area contributed by atoms with E-state index in [1.54, 1.807) is 0 Å². The molecule has 0 aromatic carbocycles. The SMILES string of the molecule is CCC1CCC(CN)(C2(O)CCCC2CC)CC1. The monoisotopic (exact) mass is 253 g/mol. The van der Waals surface area contributed by atoms with Crippen LogP contribution in [0.25, 0.3) is 0 Å². The van der Waals surface area contributed by atoms with Gasteiger partial charge in [-0.15, -0.1) is 0 Å². The van der Waals surface area contributed by atoms with Gasteiger partial charge in [-0.3, -0.25) is 0 Å². The van der Waals surface area contributed by atoms with Crippen molar-refractivity contribution in [1.82, 2.24) is 0 Å². The van der Waals surface area contributed by atoms with Gasteiger partial charge in [-0.05, 0) is 50.4 Å². The third-order valence-electron chi connectivity index (χ3n) is 6.23. The van der Waals surface area contributed by atoms with Crippen molar-refractivity contribution in [3.63, 3.8) is 0 Å². The fourth-order valence-electron chi connectivity index (χ4n) is 4.75. The zero-order valence-corrected chi connectivity index (χ0v) is 12.3. The first kappa shape index (κ1) is 14.3. The van der Waals surface area contributed by atoms with E-state index in [1.807, 2.05) is 0 Å². The molecular weight excluding hydrogens is 222 g/mol. The lowest BCUT2D eigenvalue weighted by atomic mass is 9.57. The zero-order chi connectivity index (χ0) is 13.2. The van der Waals surface area contributed by atoms with Crippen molar-refractivity contribution < 1.29 is 5.11 Å². The Hall–Kier alpha value is -0.0800. The summed E-state index contributed by atoms with van der Waals surface area (Å²) in [5.74, 6) is 1.36. The van der Waals surface area contributed by atoms with Gasteiger partial charge in [0, 0.05) is 12.0 Å². The molecule has 2 rings (SSSR count). The average Bonchev–Trinajstić information content (AvgIpc) is 2.81. The van der Waals surface area contributed by atoms with E-state index in [0.29, 0.717) is 12.5 Å². The fraction of sp³-hybridized carbons (Fsp3) is 1.00. The van der Waals surface area contributed by atoms with Crippen LogP contribution in [0.1, 0.15) is 71.6 Å². The van der Waals surface area contributed by atoms with E-state index in [9.17, 15) is 5.11 Å². The minimum absolute atomic E-state index is 0.0237. The normalized spacial score (nSPS) is 45.3. The molecule has 2 aliphatic rings. The molecule has 2 fully saturated rings. The van der Waals surface area contributed by atoms with Crippen molar-refractivity contribution in [3.05, 3.63) is 0 Å². The average molecular weight is 253 g/mol. The van der Waals surface area contributed by atoms with Crippen molar-refractivity contribution in [2.24, 2.45) is 23.0 Å². The van der Waals surface area contributed by atoms with E-state index >= 15 is 0 Å². The van der Waals surface area contributed by atoms with Crippen LogP contribution in [-0.2, 0) is 0 Å². The van der Waals surface area contributed by atoms with Gasteiger partial charge >= 0.3 is 0 Å². The standard InChI is InChI=1S/C16H31NO/c1-3-13-7-10-15(12-17,11-8-13)16(18)9-5-6-14(16)4-2/h13-14,18H,3-12,17H2,1-2H3. The molecule has 2 nitrogen and oxygen atoms in total. The van der Waals surface area contributed by atoms with Crippen LogP contribution in [-0.4, -0.2) is 17.3 Å². The third kappa shape index (κ3) is 2.12. The van der Waals surface area contributed by atoms with Crippen molar-refractivity contribution in [2.45, 2.75) is 77.2 Å². The summed E-state index contributed by atoms with van der Waals surface area (Å²) in [6.07, 6.45) is 10.6. The zero-order valence-electron chi connectivity index (χ0n) is 12.3. The van der Waals surface area contributed by atoms with Crippen LogP contribution in [0.15, 0.2) is 0 Å². The number of hydrogen-bond donors (Lipinski definition) is 2. The molecule has 0 aromatic rings. The third-order valence-corrected chi connectivity index (χ3v) is 6.23. The topological polar surface area (TPSA) is 46.2 Å². The van der Waals surface area contributed by atoms with Gasteiger partial charge in [0.15, 0.2) is 0 Å². The first-order chi connectivity index (χ1) is 8.62. The highest BCUT2D eigenvalue weighted by Gasteiger charge is 2.55. The highest BCUT2D eigenvalue weighted by atomic mass is 16.3. The van der Waals surface area contributed by atoms with Gasteiger partial charge in [-0.2, -0.15) is 0 Å². The summed E-state index contributed by atoms with van der Waals surface area (Å²) in [6, 6.07) is 0. The van der Waals surface area contributed by atoms with Crippen molar-refractivity contribution in [3.8, 4) is 0 Å². The van der Waals surface area contributed by atoms with Crippen LogP contribution in [0.2, 0.25) is 0 Å². The Balaban J connectivity index is 2.17. The molecule has 0 bridgehead atoms. The quantitative estimate of drug-likeness (QED) is 0.806. The van der Waals surface area contributed by atoms with Crippen molar-refractivity contribution >= 4 is 0 Å². The van der Waals surface area contributed by atoms with Gasteiger partial charge in [-0.25, -0.2) is 0 Å². The molecule has 0 spiro atoms. The largest absolute Gasteiger partial charge is 0.389 e. The molecule has 0 saturated heterocycles. The summed E-state index contributed by atoms with van der Waals surface area (Å²) in [6.45, 7) is 5.19. The Labute approximate surface area is 112 Å². The lowest BCUT2D eigenvalue weighted by molar-refractivity contribution is -0.130. The van der Waals surface area contributed by atoms with Crippen LogP contribution in [0.5, 0.6) is 0 Å². The molecule has 0 aromatic heterocycles. The molecule has 2 saturated carbocycles. The molecule has 2 heteroatoms. The van der Waals surface area contributed by atoms with E-state index in [0.717, 1.165) is 31.6 Å². The minimum Gasteiger partial charge on any atom is -0.389 e. The van der Waals surface area contributed by atoms with Crippen LogP contribution >= 0.6 is 0 Å². The summed E-state index contributed by atoms with van der Waals surface area (Å²) in [7, 11) is 0. The second-order valence-electron chi connectivity index (χ2n) is 6.76. The fourth-order valence-corrected chi connectivity index (χ4v) is 4.75. The smallest absolute Gasteiger partial charge is 0.0743 e. The first-order valence-electron chi connectivity index (χ1n) is 8.04. The van der Waals surface area contributed by atoms with E-state index < -0.39 is 5.60 Å². The molecule has 0 heterocycles. The van der Waals surface area contributed by atoms with E-state index in [2.05, 4.69) is 13.8 Å². The van der Waals surface area contributed by atoms with E-state index in [1.165, 1.54) is 32.1 Å². The Morgan fingerprint density at radius 1 is 1.06 bits per heavy atom. The Morgan fingerprint density at radius 2 is 1.72 bits per heavy atom. The lowest BCUT2D eigenvalue weighted by Gasteiger charge is -2.51. The predicted molar refractivity (Wildman–Crippen MR) is 76.3 cm³/mol. The number of nitrogens with two attached hydrogens (primary N) is 1. The highest BCUT2D eigenvalue weighted by molar-refractivity contribution is 5.07. The maximum absolute atomic E-state index is 11.3.